The van der Waals surface area contributed by atoms with E-state index in [2.05, 4.69) is 0 Å². The predicted octanol–water partition coefficient (Wildman–Crippen LogP) is 2.17. The fraction of sp³-hybridized carbons (Fsp3) is 1.00. The van der Waals surface area contributed by atoms with Crippen LogP contribution in [0.3, 0.4) is 0 Å². The number of rotatable bonds is 0. The van der Waals surface area contributed by atoms with Gasteiger partial charge in [-0.1, -0.05) is 0 Å². The van der Waals surface area contributed by atoms with E-state index in [1.165, 1.54) is 12.8 Å². The van der Waals surface area contributed by atoms with Crippen molar-refractivity contribution in [2.75, 3.05) is 13.2 Å². The van der Waals surface area contributed by atoms with Crippen LogP contribution in [0.5, 0.6) is 0 Å². The fourth-order valence-corrected chi connectivity index (χ4v) is 0.510. The van der Waals surface area contributed by atoms with E-state index in [-0.39, 0.29) is 0 Å². The molecule has 1 rings (SSSR count). The van der Waals surface area contributed by atoms with Gasteiger partial charge in [-0.25, -0.2) is 0 Å². The third-order valence-electron chi connectivity index (χ3n) is 0.827. The molecular formula is C4H8Cl2NiO. The quantitative estimate of drug-likeness (QED) is 0.546. The van der Waals surface area contributed by atoms with Gasteiger partial charge in [0.05, 0.1) is 0 Å². The summed E-state index contributed by atoms with van der Waals surface area (Å²) in [6.45, 7) is 2.00. The van der Waals surface area contributed by atoms with Gasteiger partial charge in [-0.05, 0) is 12.8 Å². The summed E-state index contributed by atoms with van der Waals surface area (Å²) < 4.78 is 4.94. The molecule has 1 nitrogen and oxygen atoms in total. The van der Waals surface area contributed by atoms with Crippen LogP contribution in [0, 0.1) is 0 Å². The van der Waals surface area contributed by atoms with Gasteiger partial charge >= 0.3 is 33.0 Å². The first-order valence-electron chi connectivity index (χ1n) is 2.32. The molecule has 8 heavy (non-hydrogen) atoms. The average molecular weight is 202 g/mol. The van der Waals surface area contributed by atoms with E-state index in [0.29, 0.717) is 12.7 Å². The van der Waals surface area contributed by atoms with Gasteiger partial charge in [-0.3, -0.25) is 0 Å². The monoisotopic (exact) mass is 200 g/mol. The molecule has 1 saturated heterocycles. The van der Waals surface area contributed by atoms with Crippen LogP contribution >= 0.6 is 20.4 Å². The van der Waals surface area contributed by atoms with Crippen LogP contribution in [-0.4, -0.2) is 13.2 Å². The van der Waals surface area contributed by atoms with Gasteiger partial charge in [0.25, 0.3) is 0 Å². The molecule has 0 amide bonds. The van der Waals surface area contributed by atoms with Crippen LogP contribution in [0.1, 0.15) is 12.8 Å². The van der Waals surface area contributed by atoms with Gasteiger partial charge in [-0.15, -0.1) is 0 Å². The Morgan fingerprint density at radius 1 is 1.12 bits per heavy atom. The molecule has 1 aliphatic heterocycles. The Labute approximate surface area is 64.0 Å². The Morgan fingerprint density at radius 3 is 1.62 bits per heavy atom. The van der Waals surface area contributed by atoms with Crippen LogP contribution in [0.4, 0.5) is 0 Å². The van der Waals surface area contributed by atoms with Gasteiger partial charge in [0.1, 0.15) is 0 Å². The minimum absolute atomic E-state index is 0.569. The Bertz CT molecular complexity index is 33.4. The summed E-state index contributed by atoms with van der Waals surface area (Å²) in [6, 6.07) is 0. The minimum atomic E-state index is 0.569. The molecule has 0 aliphatic carbocycles. The molecule has 0 aromatic carbocycles. The molecule has 0 bridgehead atoms. The van der Waals surface area contributed by atoms with Crippen molar-refractivity contribution in [2.45, 2.75) is 12.8 Å². The van der Waals surface area contributed by atoms with E-state index in [1.54, 1.807) is 0 Å². The summed E-state index contributed by atoms with van der Waals surface area (Å²) >= 11 is 0.569. The number of ether oxygens (including phenoxy) is 1. The molecule has 4 heteroatoms. The zero-order chi connectivity index (χ0) is 6.24. The Balaban J connectivity index is 0.000000145. The van der Waals surface area contributed by atoms with Crippen molar-refractivity contribution < 1.29 is 17.4 Å². The molecule has 0 unspecified atom stereocenters. The SMILES string of the molecule is C1CCOC1.[Cl][Ni][Cl]. The van der Waals surface area contributed by atoms with Gasteiger partial charge in [0.2, 0.25) is 0 Å². The van der Waals surface area contributed by atoms with E-state index >= 15 is 0 Å². The van der Waals surface area contributed by atoms with Gasteiger partial charge in [0.15, 0.2) is 0 Å². The molecule has 0 atom stereocenters. The third kappa shape index (κ3) is 7.03. The second kappa shape index (κ2) is 8.03. The van der Waals surface area contributed by atoms with Gasteiger partial charge in [0, 0.05) is 13.2 Å². The zero-order valence-electron chi connectivity index (χ0n) is 4.31. The maximum absolute atomic E-state index is 4.94. The Kier molecular flexibility index (Phi) is 9.07. The third-order valence-corrected chi connectivity index (χ3v) is 0.827. The first-order valence-corrected chi connectivity index (χ1v) is 5.03. The van der Waals surface area contributed by atoms with Crippen LogP contribution in [0.25, 0.3) is 0 Å². The van der Waals surface area contributed by atoms with Crippen molar-refractivity contribution in [1.29, 1.82) is 0 Å². The molecule has 0 saturated carbocycles. The fourth-order valence-electron chi connectivity index (χ4n) is 0.510. The Hall–Kier alpha value is 1.03. The van der Waals surface area contributed by atoms with E-state index in [4.69, 9.17) is 25.1 Å². The van der Waals surface area contributed by atoms with Gasteiger partial charge < -0.3 is 4.74 Å². The molecule has 0 aromatic heterocycles. The summed E-state index contributed by atoms with van der Waals surface area (Å²) in [5.74, 6) is 0. The van der Waals surface area contributed by atoms with Crippen LogP contribution in [-0.2, 0) is 17.4 Å². The molecule has 0 radical (unpaired) electrons. The summed E-state index contributed by atoms with van der Waals surface area (Å²) in [5, 5.41) is 0. The summed E-state index contributed by atoms with van der Waals surface area (Å²) in [6.07, 6.45) is 2.56. The van der Waals surface area contributed by atoms with Crippen molar-refractivity contribution in [2.24, 2.45) is 0 Å². The number of hydrogen-bond donors (Lipinski definition) is 0. The second-order valence-corrected chi connectivity index (χ2v) is 3.00. The molecule has 1 fully saturated rings. The summed E-state index contributed by atoms with van der Waals surface area (Å²) in [5.41, 5.74) is 0. The molecule has 1 heterocycles. The molecule has 1 aliphatic rings. The normalized spacial score (nSPS) is 17.8. The van der Waals surface area contributed by atoms with Crippen LogP contribution in [0.2, 0.25) is 0 Å². The van der Waals surface area contributed by atoms with Crippen LogP contribution < -0.4 is 0 Å². The number of hydrogen-bond acceptors (Lipinski definition) is 1. The van der Waals surface area contributed by atoms with Crippen molar-refractivity contribution >= 4 is 20.4 Å². The van der Waals surface area contributed by atoms with E-state index in [0.717, 1.165) is 13.2 Å². The zero-order valence-corrected chi connectivity index (χ0v) is 6.81. The van der Waals surface area contributed by atoms with Crippen LogP contribution in [0.15, 0.2) is 0 Å². The van der Waals surface area contributed by atoms with Gasteiger partial charge in [-0.2, -0.15) is 0 Å². The second-order valence-electron chi connectivity index (χ2n) is 1.36. The average Bonchev–Trinajstić information content (AvgIpc) is 2.17. The first kappa shape index (κ1) is 9.03. The molecule has 0 aromatic rings. The van der Waals surface area contributed by atoms with Crippen molar-refractivity contribution in [1.82, 2.24) is 0 Å². The molecule has 0 N–H and O–H groups in total. The maximum atomic E-state index is 4.94. The molecular weight excluding hydrogens is 194 g/mol. The molecule has 0 spiro atoms. The van der Waals surface area contributed by atoms with E-state index in [9.17, 15) is 0 Å². The molecule has 54 valence electrons. The van der Waals surface area contributed by atoms with Crippen molar-refractivity contribution in [3.05, 3.63) is 0 Å². The standard InChI is InChI=1S/C4H8O.2ClH.Ni/c1-2-4-5-3-1;;;/h1-4H2;2*1H;/q;;;+2/p-2. The summed E-state index contributed by atoms with van der Waals surface area (Å²) in [4.78, 5) is 0. The van der Waals surface area contributed by atoms with E-state index < -0.39 is 0 Å². The summed E-state index contributed by atoms with van der Waals surface area (Å²) in [7, 11) is 9.40. The predicted molar refractivity (Wildman–Crippen MR) is 31.8 cm³/mol. The number of halogens is 2. The van der Waals surface area contributed by atoms with Crippen molar-refractivity contribution in [3.8, 4) is 0 Å². The van der Waals surface area contributed by atoms with E-state index in [1.807, 2.05) is 0 Å². The Morgan fingerprint density at radius 2 is 1.50 bits per heavy atom. The first-order chi connectivity index (χ1) is 3.91. The topological polar surface area (TPSA) is 9.23 Å². The van der Waals surface area contributed by atoms with Crippen molar-refractivity contribution in [3.63, 3.8) is 0 Å².